The predicted octanol–water partition coefficient (Wildman–Crippen LogP) is 0.672. The average molecular weight is 374 g/mol. The minimum absolute atomic E-state index is 0.0201. The maximum absolute atomic E-state index is 13.0. The molecule has 3 heterocycles. The number of aromatic nitrogens is 2. The first-order chi connectivity index (χ1) is 12.4. The number of carbonyl (C=O) groups excluding carboxylic acids is 1. The summed E-state index contributed by atoms with van der Waals surface area (Å²) in [4.78, 5) is 16.6. The summed E-state index contributed by atoms with van der Waals surface area (Å²) in [5, 5.41) is 3.74. The van der Waals surface area contributed by atoms with Crippen LogP contribution in [-0.4, -0.2) is 78.1 Å². The standard InChI is InChI=1S/C18H22N4O3S/c1-20(2)16-12-26(24,25)17-11-21(10-15(16)17)18(23)13-5-3-6-14(9-13)22-8-4-7-19-22/h3-9,15-17H,10-12H2,1-2H3/t15-,16+,17-/m0/s1. The van der Waals surface area contributed by atoms with Gasteiger partial charge in [0.1, 0.15) is 0 Å². The van der Waals surface area contributed by atoms with Gasteiger partial charge in [-0.25, -0.2) is 13.1 Å². The smallest absolute Gasteiger partial charge is 0.253 e. The Morgan fingerprint density at radius 2 is 2.04 bits per heavy atom. The molecule has 0 spiro atoms. The van der Waals surface area contributed by atoms with E-state index in [1.165, 1.54) is 0 Å². The number of hydrogen-bond acceptors (Lipinski definition) is 5. The largest absolute Gasteiger partial charge is 0.337 e. The van der Waals surface area contributed by atoms with Gasteiger partial charge in [-0.2, -0.15) is 5.10 Å². The molecule has 1 amide bonds. The Morgan fingerprint density at radius 3 is 2.73 bits per heavy atom. The lowest BCUT2D eigenvalue weighted by Gasteiger charge is -2.25. The third-order valence-corrected chi connectivity index (χ3v) is 7.71. The molecule has 138 valence electrons. The predicted molar refractivity (Wildman–Crippen MR) is 98.0 cm³/mol. The average Bonchev–Trinajstić information content (AvgIpc) is 3.32. The fourth-order valence-electron chi connectivity index (χ4n) is 4.12. The van der Waals surface area contributed by atoms with Gasteiger partial charge in [-0.15, -0.1) is 0 Å². The summed E-state index contributed by atoms with van der Waals surface area (Å²) in [5.74, 6) is 0.0425. The molecule has 0 radical (unpaired) electrons. The van der Waals surface area contributed by atoms with Crippen molar-refractivity contribution in [2.75, 3.05) is 32.9 Å². The topological polar surface area (TPSA) is 75.5 Å². The molecule has 1 aromatic carbocycles. The van der Waals surface area contributed by atoms with E-state index in [9.17, 15) is 13.2 Å². The molecule has 1 aromatic heterocycles. The molecular weight excluding hydrogens is 352 g/mol. The Morgan fingerprint density at radius 1 is 1.23 bits per heavy atom. The summed E-state index contributed by atoms with van der Waals surface area (Å²) in [7, 11) is 0.647. The molecule has 4 rings (SSSR count). The number of nitrogens with zero attached hydrogens (tertiary/aromatic N) is 4. The van der Waals surface area contributed by atoms with Gasteiger partial charge in [0.15, 0.2) is 9.84 Å². The molecule has 2 aliphatic rings. The molecular formula is C18H22N4O3S. The van der Waals surface area contributed by atoms with Gasteiger partial charge in [0.25, 0.3) is 5.91 Å². The maximum atomic E-state index is 13.0. The van der Waals surface area contributed by atoms with Gasteiger partial charge >= 0.3 is 0 Å². The first-order valence-electron chi connectivity index (χ1n) is 8.64. The Labute approximate surface area is 153 Å². The monoisotopic (exact) mass is 374 g/mol. The molecule has 2 aliphatic heterocycles. The highest BCUT2D eigenvalue weighted by Crippen LogP contribution is 2.36. The molecule has 26 heavy (non-hydrogen) atoms. The molecule has 2 fully saturated rings. The number of hydrogen-bond donors (Lipinski definition) is 0. The van der Waals surface area contributed by atoms with Gasteiger partial charge in [0.2, 0.25) is 0 Å². The normalized spacial score (nSPS) is 27.0. The zero-order chi connectivity index (χ0) is 18.5. The van der Waals surface area contributed by atoms with Gasteiger partial charge in [-0.1, -0.05) is 6.07 Å². The van der Waals surface area contributed by atoms with Crippen LogP contribution in [0.2, 0.25) is 0 Å². The van der Waals surface area contributed by atoms with E-state index < -0.39 is 15.1 Å². The minimum atomic E-state index is -3.16. The van der Waals surface area contributed by atoms with Crippen molar-refractivity contribution >= 4 is 15.7 Å². The van der Waals surface area contributed by atoms with Gasteiger partial charge in [0, 0.05) is 43.0 Å². The molecule has 3 atom stereocenters. The molecule has 7 nitrogen and oxygen atoms in total. The molecule has 2 saturated heterocycles. The van der Waals surface area contributed by atoms with E-state index in [2.05, 4.69) is 5.10 Å². The second kappa shape index (κ2) is 6.21. The van der Waals surface area contributed by atoms with Crippen molar-refractivity contribution in [2.45, 2.75) is 11.3 Å². The Balaban J connectivity index is 1.58. The zero-order valence-corrected chi connectivity index (χ0v) is 15.6. The van der Waals surface area contributed by atoms with E-state index in [4.69, 9.17) is 0 Å². The van der Waals surface area contributed by atoms with Crippen LogP contribution in [0.3, 0.4) is 0 Å². The fraction of sp³-hybridized carbons (Fsp3) is 0.444. The van der Waals surface area contributed by atoms with Crippen molar-refractivity contribution in [3.05, 3.63) is 48.3 Å². The second-order valence-electron chi connectivity index (χ2n) is 7.27. The zero-order valence-electron chi connectivity index (χ0n) is 14.8. The van der Waals surface area contributed by atoms with E-state index in [1.54, 1.807) is 27.9 Å². The van der Waals surface area contributed by atoms with Crippen LogP contribution in [0.4, 0.5) is 0 Å². The molecule has 2 aromatic rings. The molecule has 8 heteroatoms. The lowest BCUT2D eigenvalue weighted by molar-refractivity contribution is 0.0779. The molecule has 0 saturated carbocycles. The van der Waals surface area contributed by atoms with Crippen molar-refractivity contribution in [1.29, 1.82) is 0 Å². The van der Waals surface area contributed by atoms with Crippen molar-refractivity contribution in [1.82, 2.24) is 19.6 Å². The number of fused-ring (bicyclic) bond motifs is 1. The Bertz CT molecular complexity index is 924. The van der Waals surface area contributed by atoms with Gasteiger partial charge in [-0.05, 0) is 38.4 Å². The number of likely N-dealkylation sites (tertiary alicyclic amines) is 1. The van der Waals surface area contributed by atoms with E-state index in [1.807, 2.05) is 43.4 Å². The third kappa shape index (κ3) is 2.83. The van der Waals surface area contributed by atoms with Crippen LogP contribution in [0, 0.1) is 5.92 Å². The van der Waals surface area contributed by atoms with Crippen LogP contribution in [0.5, 0.6) is 0 Å². The maximum Gasteiger partial charge on any atom is 0.253 e. The van der Waals surface area contributed by atoms with E-state index in [0.29, 0.717) is 12.1 Å². The highest BCUT2D eigenvalue weighted by atomic mass is 32.2. The number of benzene rings is 1. The lowest BCUT2D eigenvalue weighted by Crippen LogP contribution is -2.38. The van der Waals surface area contributed by atoms with Crippen molar-refractivity contribution in [3.8, 4) is 5.69 Å². The second-order valence-corrected chi connectivity index (χ2v) is 9.54. The summed E-state index contributed by atoms with van der Waals surface area (Å²) in [5.41, 5.74) is 1.36. The minimum Gasteiger partial charge on any atom is -0.337 e. The van der Waals surface area contributed by atoms with E-state index in [-0.39, 0.29) is 30.2 Å². The van der Waals surface area contributed by atoms with Crippen molar-refractivity contribution < 1.29 is 13.2 Å². The lowest BCUT2D eigenvalue weighted by atomic mass is 10.00. The van der Waals surface area contributed by atoms with E-state index >= 15 is 0 Å². The highest BCUT2D eigenvalue weighted by Gasteiger charge is 2.53. The molecule has 0 bridgehead atoms. The fourth-order valence-corrected chi connectivity index (χ4v) is 6.59. The third-order valence-electron chi connectivity index (χ3n) is 5.48. The van der Waals surface area contributed by atoms with Crippen molar-refractivity contribution in [2.24, 2.45) is 5.92 Å². The quantitative estimate of drug-likeness (QED) is 0.789. The van der Waals surface area contributed by atoms with Gasteiger partial charge in [-0.3, -0.25) is 4.79 Å². The first kappa shape index (κ1) is 17.2. The first-order valence-corrected chi connectivity index (χ1v) is 10.4. The van der Waals surface area contributed by atoms with Crippen LogP contribution in [0.25, 0.3) is 5.69 Å². The van der Waals surface area contributed by atoms with Crippen LogP contribution < -0.4 is 0 Å². The summed E-state index contributed by atoms with van der Waals surface area (Å²) in [6.45, 7) is 0.764. The summed E-state index contributed by atoms with van der Waals surface area (Å²) >= 11 is 0. The van der Waals surface area contributed by atoms with Crippen LogP contribution in [0.15, 0.2) is 42.7 Å². The van der Waals surface area contributed by atoms with Crippen LogP contribution >= 0.6 is 0 Å². The number of amides is 1. The number of sulfone groups is 1. The summed E-state index contributed by atoms with van der Waals surface area (Å²) in [6, 6.07) is 9.05. The molecule has 0 unspecified atom stereocenters. The van der Waals surface area contributed by atoms with Crippen LogP contribution in [0.1, 0.15) is 10.4 Å². The van der Waals surface area contributed by atoms with Gasteiger partial charge < -0.3 is 9.80 Å². The number of rotatable bonds is 3. The molecule has 0 N–H and O–H groups in total. The Kier molecular flexibility index (Phi) is 4.11. The SMILES string of the molecule is CN(C)[C@@H]1CS(=O)(=O)[C@H]2CN(C(=O)c3cccc(-n4cccn4)c3)C[C@@H]12. The summed E-state index contributed by atoms with van der Waals surface area (Å²) in [6.07, 6.45) is 3.50. The number of carbonyl (C=O) groups is 1. The summed E-state index contributed by atoms with van der Waals surface area (Å²) < 4.78 is 26.7. The van der Waals surface area contributed by atoms with Gasteiger partial charge in [0.05, 0.1) is 16.7 Å². The highest BCUT2D eigenvalue weighted by molar-refractivity contribution is 7.92. The Hall–Kier alpha value is -2.19. The van der Waals surface area contributed by atoms with E-state index in [0.717, 1.165) is 5.69 Å². The molecule has 0 aliphatic carbocycles. The van der Waals surface area contributed by atoms with Crippen LogP contribution in [-0.2, 0) is 9.84 Å². The van der Waals surface area contributed by atoms with Crippen molar-refractivity contribution in [3.63, 3.8) is 0 Å².